The van der Waals surface area contributed by atoms with Gasteiger partial charge in [0, 0.05) is 38.4 Å². The summed E-state index contributed by atoms with van der Waals surface area (Å²) in [4.78, 5) is 16.3. The van der Waals surface area contributed by atoms with E-state index in [2.05, 4.69) is 21.0 Å². The van der Waals surface area contributed by atoms with Gasteiger partial charge in [0.05, 0.1) is 11.7 Å². The summed E-state index contributed by atoms with van der Waals surface area (Å²) in [5.41, 5.74) is 6.20. The lowest BCUT2D eigenvalue weighted by atomic mass is 10.2. The minimum absolute atomic E-state index is 0.391. The quantitative estimate of drug-likeness (QED) is 0.797. The van der Waals surface area contributed by atoms with E-state index in [1.165, 1.54) is 6.33 Å². The molecule has 3 rings (SSSR count). The van der Waals surface area contributed by atoms with E-state index < -0.39 is 6.10 Å². The largest absolute Gasteiger partial charge is 0.389 e. The molecule has 2 aromatic heterocycles. The van der Waals surface area contributed by atoms with Gasteiger partial charge in [-0.15, -0.1) is 0 Å². The third kappa shape index (κ3) is 3.30. The van der Waals surface area contributed by atoms with Gasteiger partial charge < -0.3 is 20.6 Å². The predicted octanol–water partition coefficient (Wildman–Crippen LogP) is 0.0130. The number of nitriles is 1. The normalized spacial score (nSPS) is 18.3. The molecule has 0 spiro atoms. The van der Waals surface area contributed by atoms with Crippen LogP contribution >= 0.6 is 0 Å². The number of anilines is 3. The number of nitrogens with two attached hydrogens (primary N) is 1. The summed E-state index contributed by atoms with van der Waals surface area (Å²) in [5, 5.41) is 19.5. The van der Waals surface area contributed by atoms with Gasteiger partial charge in [-0.3, -0.25) is 0 Å². The third-order valence-electron chi connectivity index (χ3n) is 3.71. The summed E-state index contributed by atoms with van der Waals surface area (Å²) in [6.07, 6.45) is 2.46. The molecule has 0 radical (unpaired) electrons. The van der Waals surface area contributed by atoms with Crippen molar-refractivity contribution in [2.75, 3.05) is 41.7 Å². The average molecular weight is 311 g/mol. The Kier molecular flexibility index (Phi) is 4.21. The van der Waals surface area contributed by atoms with Crippen LogP contribution in [0, 0.1) is 11.3 Å². The first-order chi connectivity index (χ1) is 11.2. The molecule has 0 saturated carbocycles. The van der Waals surface area contributed by atoms with Crippen LogP contribution in [0.25, 0.3) is 0 Å². The van der Waals surface area contributed by atoms with Crippen molar-refractivity contribution >= 4 is 17.5 Å². The molecule has 118 valence electrons. The average Bonchev–Trinajstić information content (AvgIpc) is 2.76. The standard InChI is InChI=1S/C15H17N7O/c16-7-11-2-1-3-18-15(11)22-5-4-21(8-12(23)9-22)14-6-13(17)19-10-20-14/h1-3,6,10,12,23H,4-5,8-9H2,(H2,17,19,20)/t12-/m1/s1. The molecule has 1 aliphatic heterocycles. The number of β-amino-alcohol motifs (C(OH)–C–C–N with tert-alkyl or cyclic N) is 1. The molecule has 0 amide bonds. The molecule has 0 aromatic carbocycles. The zero-order valence-electron chi connectivity index (χ0n) is 12.5. The highest BCUT2D eigenvalue weighted by molar-refractivity contribution is 5.54. The van der Waals surface area contributed by atoms with Gasteiger partial charge in [0.25, 0.3) is 0 Å². The van der Waals surface area contributed by atoms with E-state index in [1.807, 2.05) is 9.80 Å². The second-order valence-electron chi connectivity index (χ2n) is 5.33. The van der Waals surface area contributed by atoms with Crippen LogP contribution in [0.15, 0.2) is 30.7 Å². The fourth-order valence-electron chi connectivity index (χ4n) is 2.66. The van der Waals surface area contributed by atoms with Gasteiger partial charge in [-0.05, 0) is 12.1 Å². The lowest BCUT2D eigenvalue weighted by molar-refractivity contribution is 0.190. The number of aliphatic hydroxyl groups excluding tert-OH is 1. The first kappa shape index (κ1) is 15.0. The number of nitrogen functional groups attached to an aromatic ring is 1. The maximum Gasteiger partial charge on any atom is 0.146 e. The SMILES string of the molecule is N#Cc1cccnc1N1CCN(c2cc(N)ncn2)C[C@@H](O)C1. The molecule has 8 nitrogen and oxygen atoms in total. The molecule has 1 atom stereocenters. The summed E-state index contributed by atoms with van der Waals surface area (Å²) in [7, 11) is 0. The van der Waals surface area contributed by atoms with E-state index in [1.54, 1.807) is 24.4 Å². The number of nitrogens with zero attached hydrogens (tertiary/aromatic N) is 6. The lowest BCUT2D eigenvalue weighted by Gasteiger charge is -2.23. The molecule has 0 aliphatic carbocycles. The van der Waals surface area contributed by atoms with Gasteiger partial charge in [0.1, 0.15) is 29.9 Å². The highest BCUT2D eigenvalue weighted by atomic mass is 16.3. The zero-order chi connectivity index (χ0) is 16.2. The number of aromatic nitrogens is 3. The van der Waals surface area contributed by atoms with Crippen LogP contribution < -0.4 is 15.5 Å². The van der Waals surface area contributed by atoms with Crippen molar-refractivity contribution in [2.45, 2.75) is 6.10 Å². The van der Waals surface area contributed by atoms with Crippen molar-refractivity contribution in [3.8, 4) is 6.07 Å². The van der Waals surface area contributed by atoms with Crippen LogP contribution in [0.3, 0.4) is 0 Å². The van der Waals surface area contributed by atoms with Gasteiger partial charge in [-0.1, -0.05) is 0 Å². The molecule has 0 unspecified atom stereocenters. The number of hydrogen-bond acceptors (Lipinski definition) is 8. The van der Waals surface area contributed by atoms with Gasteiger partial charge >= 0.3 is 0 Å². The minimum atomic E-state index is -0.595. The van der Waals surface area contributed by atoms with Crippen molar-refractivity contribution in [1.29, 1.82) is 5.26 Å². The fourth-order valence-corrected chi connectivity index (χ4v) is 2.66. The molecule has 3 N–H and O–H groups in total. The molecule has 3 heterocycles. The Labute approximate surface area is 133 Å². The maximum absolute atomic E-state index is 10.3. The number of pyridine rings is 1. The molecule has 23 heavy (non-hydrogen) atoms. The summed E-state index contributed by atoms with van der Waals surface area (Å²) in [6, 6.07) is 7.28. The minimum Gasteiger partial charge on any atom is -0.389 e. The van der Waals surface area contributed by atoms with Crippen LogP contribution in [0.2, 0.25) is 0 Å². The second kappa shape index (κ2) is 6.46. The predicted molar refractivity (Wildman–Crippen MR) is 85.8 cm³/mol. The smallest absolute Gasteiger partial charge is 0.146 e. The lowest BCUT2D eigenvalue weighted by Crippen LogP contribution is -2.34. The Morgan fingerprint density at radius 2 is 2.00 bits per heavy atom. The Balaban J connectivity index is 1.82. The highest BCUT2D eigenvalue weighted by Crippen LogP contribution is 2.20. The van der Waals surface area contributed by atoms with Gasteiger partial charge in [0.15, 0.2) is 0 Å². The van der Waals surface area contributed by atoms with Crippen LogP contribution in [0.1, 0.15) is 5.56 Å². The molecule has 1 aliphatic rings. The van der Waals surface area contributed by atoms with E-state index in [4.69, 9.17) is 5.73 Å². The van der Waals surface area contributed by atoms with Gasteiger partial charge in [0.2, 0.25) is 0 Å². The van der Waals surface area contributed by atoms with E-state index in [0.717, 1.165) is 0 Å². The number of rotatable bonds is 2. The summed E-state index contributed by atoms with van der Waals surface area (Å²) < 4.78 is 0. The Hall–Kier alpha value is -2.92. The first-order valence-corrected chi connectivity index (χ1v) is 7.28. The molecular weight excluding hydrogens is 294 g/mol. The molecule has 8 heteroatoms. The molecular formula is C15H17N7O. The van der Waals surface area contributed by atoms with E-state index in [-0.39, 0.29) is 0 Å². The van der Waals surface area contributed by atoms with Crippen molar-refractivity contribution in [1.82, 2.24) is 15.0 Å². The zero-order valence-corrected chi connectivity index (χ0v) is 12.5. The fraction of sp³-hybridized carbons (Fsp3) is 0.333. The summed E-state index contributed by atoms with van der Waals surface area (Å²) in [5.74, 6) is 1.67. The van der Waals surface area contributed by atoms with Gasteiger partial charge in [-0.25, -0.2) is 15.0 Å². The third-order valence-corrected chi connectivity index (χ3v) is 3.71. The number of hydrogen-bond donors (Lipinski definition) is 2. The van der Waals surface area contributed by atoms with Crippen molar-refractivity contribution in [2.24, 2.45) is 0 Å². The Morgan fingerprint density at radius 1 is 1.22 bits per heavy atom. The van der Waals surface area contributed by atoms with Gasteiger partial charge in [-0.2, -0.15) is 5.26 Å². The van der Waals surface area contributed by atoms with Crippen molar-refractivity contribution in [3.05, 3.63) is 36.3 Å². The van der Waals surface area contributed by atoms with E-state index >= 15 is 0 Å². The van der Waals surface area contributed by atoms with Crippen molar-refractivity contribution < 1.29 is 5.11 Å². The molecule has 2 aromatic rings. The van der Waals surface area contributed by atoms with Crippen LogP contribution in [-0.2, 0) is 0 Å². The van der Waals surface area contributed by atoms with E-state index in [9.17, 15) is 10.4 Å². The van der Waals surface area contributed by atoms with Crippen LogP contribution in [0.4, 0.5) is 17.5 Å². The maximum atomic E-state index is 10.3. The highest BCUT2D eigenvalue weighted by Gasteiger charge is 2.24. The topological polar surface area (TPSA) is 115 Å². The van der Waals surface area contributed by atoms with Crippen LogP contribution in [0.5, 0.6) is 0 Å². The summed E-state index contributed by atoms with van der Waals surface area (Å²) >= 11 is 0. The Bertz CT molecular complexity index is 730. The second-order valence-corrected chi connectivity index (χ2v) is 5.33. The molecule has 1 fully saturated rings. The van der Waals surface area contributed by atoms with Crippen molar-refractivity contribution in [3.63, 3.8) is 0 Å². The Morgan fingerprint density at radius 3 is 2.78 bits per heavy atom. The summed E-state index contributed by atoms with van der Waals surface area (Å²) in [6.45, 7) is 2.09. The van der Waals surface area contributed by atoms with E-state index in [0.29, 0.717) is 49.2 Å². The number of aliphatic hydroxyl groups is 1. The molecule has 1 saturated heterocycles. The van der Waals surface area contributed by atoms with Crippen LogP contribution in [-0.4, -0.2) is 52.3 Å². The monoisotopic (exact) mass is 311 g/mol. The molecule has 0 bridgehead atoms. The first-order valence-electron chi connectivity index (χ1n) is 7.28.